The monoisotopic (exact) mass is 354 g/mol. The highest BCUT2D eigenvalue weighted by Crippen LogP contribution is 2.27. The maximum absolute atomic E-state index is 11.8. The number of H-pyrrole nitrogens is 1. The van der Waals surface area contributed by atoms with E-state index in [4.69, 9.17) is 0 Å². The van der Waals surface area contributed by atoms with Crippen LogP contribution in [0, 0.1) is 3.57 Å². The number of rotatable bonds is 1. The zero-order valence-corrected chi connectivity index (χ0v) is 11.7. The molecule has 1 aliphatic rings. The summed E-state index contributed by atoms with van der Waals surface area (Å²) >= 11 is 2.25. The van der Waals surface area contributed by atoms with Crippen LogP contribution in [0.2, 0.25) is 0 Å². The van der Waals surface area contributed by atoms with Crippen molar-refractivity contribution < 1.29 is 9.59 Å². The first-order valence-corrected chi connectivity index (χ1v) is 6.83. The molecule has 92 valence electrons. The van der Waals surface area contributed by atoms with Crippen LogP contribution in [-0.4, -0.2) is 16.8 Å². The Morgan fingerprint density at radius 3 is 2.83 bits per heavy atom. The number of hydrogen-bond acceptors (Lipinski definition) is 2. The Labute approximate surface area is 117 Å². The number of imide groups is 1. The lowest BCUT2D eigenvalue weighted by atomic mass is 9.95. The number of piperidine rings is 1. The van der Waals surface area contributed by atoms with Crippen molar-refractivity contribution >= 4 is 45.3 Å². The van der Waals surface area contributed by atoms with Crippen molar-refractivity contribution in [2.24, 2.45) is 0 Å². The quantitative estimate of drug-likeness (QED) is 0.610. The fourth-order valence-corrected chi connectivity index (χ4v) is 2.79. The molecule has 0 radical (unpaired) electrons. The van der Waals surface area contributed by atoms with Crippen molar-refractivity contribution in [3.63, 3.8) is 0 Å². The Morgan fingerprint density at radius 1 is 1.22 bits per heavy atom. The topological polar surface area (TPSA) is 62.0 Å². The van der Waals surface area contributed by atoms with Crippen molar-refractivity contribution in [3.8, 4) is 0 Å². The number of benzene rings is 1. The zero-order chi connectivity index (χ0) is 12.7. The van der Waals surface area contributed by atoms with Gasteiger partial charge in [0.1, 0.15) is 0 Å². The summed E-state index contributed by atoms with van der Waals surface area (Å²) in [6.07, 6.45) is 0.984. The van der Waals surface area contributed by atoms with Crippen molar-refractivity contribution in [1.29, 1.82) is 0 Å². The van der Waals surface area contributed by atoms with Gasteiger partial charge in [0, 0.05) is 21.2 Å². The van der Waals surface area contributed by atoms with Gasteiger partial charge in [0.25, 0.3) is 0 Å². The molecule has 1 aliphatic heterocycles. The molecule has 5 heteroatoms. The van der Waals surface area contributed by atoms with Gasteiger partial charge in [0.05, 0.1) is 5.92 Å². The Morgan fingerprint density at radius 2 is 2.06 bits per heavy atom. The molecule has 2 N–H and O–H groups in total. The first-order valence-electron chi connectivity index (χ1n) is 5.75. The minimum absolute atomic E-state index is 0.179. The number of aromatic amines is 1. The molecule has 4 nitrogen and oxygen atoms in total. The van der Waals surface area contributed by atoms with E-state index in [1.54, 1.807) is 0 Å². The highest BCUT2D eigenvalue weighted by atomic mass is 127. The van der Waals surface area contributed by atoms with Crippen molar-refractivity contribution in [2.75, 3.05) is 0 Å². The summed E-state index contributed by atoms with van der Waals surface area (Å²) in [6.45, 7) is 0. The summed E-state index contributed by atoms with van der Waals surface area (Å²) in [5.41, 5.74) is 1.92. The van der Waals surface area contributed by atoms with Crippen LogP contribution in [0.5, 0.6) is 0 Å². The molecule has 2 aromatic rings. The summed E-state index contributed by atoms with van der Waals surface area (Å²) in [6, 6.07) is 8.10. The van der Waals surface area contributed by atoms with Gasteiger partial charge in [-0.05, 0) is 52.6 Å². The highest BCUT2D eigenvalue weighted by molar-refractivity contribution is 14.1. The average molecular weight is 354 g/mol. The molecule has 2 amide bonds. The number of carbonyl (C=O) groups is 2. The van der Waals surface area contributed by atoms with Gasteiger partial charge in [-0.15, -0.1) is 0 Å². The molecule has 3 rings (SSSR count). The average Bonchev–Trinajstić information content (AvgIpc) is 2.71. The number of fused-ring (bicyclic) bond motifs is 1. The molecular weight excluding hydrogens is 343 g/mol. The van der Waals surface area contributed by atoms with Crippen LogP contribution in [-0.2, 0) is 9.59 Å². The minimum Gasteiger partial charge on any atom is -0.358 e. The fraction of sp³-hybridized carbons (Fsp3) is 0.231. The van der Waals surface area contributed by atoms with E-state index in [0.29, 0.717) is 12.8 Å². The summed E-state index contributed by atoms with van der Waals surface area (Å²) < 4.78 is 1.15. The molecule has 0 spiro atoms. The predicted octanol–water partition coefficient (Wildman–Crippen LogP) is 2.29. The third kappa shape index (κ3) is 2.03. The van der Waals surface area contributed by atoms with Crippen LogP contribution in [0.1, 0.15) is 24.5 Å². The van der Waals surface area contributed by atoms with Crippen molar-refractivity contribution in [2.45, 2.75) is 18.8 Å². The second-order valence-electron chi connectivity index (χ2n) is 4.46. The van der Waals surface area contributed by atoms with E-state index in [2.05, 4.69) is 32.9 Å². The molecule has 0 bridgehead atoms. The van der Waals surface area contributed by atoms with Crippen molar-refractivity contribution in [3.05, 3.63) is 33.5 Å². The third-order valence-electron chi connectivity index (χ3n) is 3.22. The number of aromatic nitrogens is 1. The summed E-state index contributed by atoms with van der Waals surface area (Å²) in [5.74, 6) is -0.623. The van der Waals surface area contributed by atoms with Gasteiger partial charge in [0.15, 0.2) is 0 Å². The van der Waals surface area contributed by atoms with Crippen LogP contribution in [0.15, 0.2) is 24.3 Å². The van der Waals surface area contributed by atoms with E-state index >= 15 is 0 Å². The second-order valence-corrected chi connectivity index (χ2v) is 5.71. The van der Waals surface area contributed by atoms with Crippen LogP contribution in [0.3, 0.4) is 0 Å². The van der Waals surface area contributed by atoms with E-state index in [0.717, 1.165) is 20.2 Å². The Balaban J connectivity index is 1.99. The SMILES string of the molecule is O=C1CCC(c2cc3ccc(I)cc3[nH]2)C(=O)N1. The van der Waals surface area contributed by atoms with Gasteiger partial charge in [-0.2, -0.15) is 0 Å². The molecule has 1 unspecified atom stereocenters. The molecule has 0 saturated carbocycles. The molecule has 1 aromatic heterocycles. The summed E-state index contributed by atoms with van der Waals surface area (Å²) in [5, 5.41) is 3.48. The maximum atomic E-state index is 11.8. The van der Waals surface area contributed by atoms with Crippen molar-refractivity contribution in [1.82, 2.24) is 10.3 Å². The van der Waals surface area contributed by atoms with Crippen LogP contribution in [0.25, 0.3) is 10.9 Å². The summed E-state index contributed by atoms with van der Waals surface area (Å²) in [7, 11) is 0. The van der Waals surface area contributed by atoms with E-state index < -0.39 is 0 Å². The normalized spacial score (nSPS) is 20.2. The maximum Gasteiger partial charge on any atom is 0.235 e. The number of halogens is 1. The molecule has 0 aliphatic carbocycles. The van der Waals surface area contributed by atoms with E-state index in [1.165, 1.54) is 0 Å². The number of nitrogens with one attached hydrogen (secondary N) is 2. The van der Waals surface area contributed by atoms with Crippen LogP contribution in [0.4, 0.5) is 0 Å². The van der Waals surface area contributed by atoms with Gasteiger partial charge in [-0.25, -0.2) is 0 Å². The second kappa shape index (κ2) is 4.38. The predicted molar refractivity (Wildman–Crippen MR) is 76.1 cm³/mol. The molecule has 2 heterocycles. The third-order valence-corrected chi connectivity index (χ3v) is 3.89. The lowest BCUT2D eigenvalue weighted by molar-refractivity contribution is -0.134. The Kier molecular flexibility index (Phi) is 2.85. The van der Waals surface area contributed by atoms with Gasteiger partial charge >= 0.3 is 0 Å². The number of amides is 2. The first kappa shape index (κ1) is 11.7. The highest BCUT2D eigenvalue weighted by Gasteiger charge is 2.28. The molecule has 18 heavy (non-hydrogen) atoms. The molecule has 1 saturated heterocycles. The minimum atomic E-state index is -0.243. The largest absolute Gasteiger partial charge is 0.358 e. The smallest absolute Gasteiger partial charge is 0.235 e. The lowest BCUT2D eigenvalue weighted by Gasteiger charge is -2.19. The van der Waals surface area contributed by atoms with Gasteiger partial charge < -0.3 is 4.98 Å². The number of carbonyl (C=O) groups excluding carboxylic acids is 2. The molecule has 1 fully saturated rings. The van der Waals surface area contributed by atoms with E-state index in [1.807, 2.05) is 24.3 Å². The molecular formula is C13H11IN2O2. The standard InChI is InChI=1S/C13H11IN2O2/c14-8-2-1-7-5-11(15-10(7)6-8)9-3-4-12(17)16-13(9)18/h1-2,5-6,9,15H,3-4H2,(H,16,17,18). The first-order chi connectivity index (χ1) is 8.63. The zero-order valence-electron chi connectivity index (χ0n) is 9.50. The van der Waals surface area contributed by atoms with Gasteiger partial charge in [-0.3, -0.25) is 14.9 Å². The Bertz CT molecular complexity index is 647. The number of hydrogen-bond donors (Lipinski definition) is 2. The lowest BCUT2D eigenvalue weighted by Crippen LogP contribution is -2.39. The summed E-state index contributed by atoms with van der Waals surface area (Å²) in [4.78, 5) is 26.2. The van der Waals surface area contributed by atoms with Crippen LogP contribution >= 0.6 is 22.6 Å². The van der Waals surface area contributed by atoms with E-state index in [-0.39, 0.29) is 17.7 Å². The van der Waals surface area contributed by atoms with Gasteiger partial charge in [0.2, 0.25) is 11.8 Å². The Hall–Kier alpha value is -1.37. The van der Waals surface area contributed by atoms with Crippen LogP contribution < -0.4 is 5.32 Å². The molecule has 1 aromatic carbocycles. The van der Waals surface area contributed by atoms with E-state index in [9.17, 15) is 9.59 Å². The molecule has 1 atom stereocenters. The fourth-order valence-electron chi connectivity index (χ4n) is 2.30. The van der Waals surface area contributed by atoms with Gasteiger partial charge in [-0.1, -0.05) is 6.07 Å².